The monoisotopic (exact) mass is 756 g/mol. The Morgan fingerprint density at radius 2 is 1.25 bits per heavy atom. The van der Waals surface area contributed by atoms with Gasteiger partial charge in [-0.05, 0) is 32.0 Å². The number of aliphatic hydroxyl groups excluding tert-OH is 8. The van der Waals surface area contributed by atoms with Gasteiger partial charge >= 0.3 is 0 Å². The molecule has 1 aromatic heterocycles. The lowest BCUT2D eigenvalue weighted by atomic mass is 9.97. The average Bonchev–Trinajstić information content (AvgIpc) is 3.11. The van der Waals surface area contributed by atoms with E-state index in [1.165, 1.54) is 19.9 Å². The molecule has 0 saturated carbocycles. The highest BCUT2D eigenvalue weighted by Gasteiger charge is 2.52. The van der Waals surface area contributed by atoms with Crippen LogP contribution < -0.4 is 10.2 Å². The van der Waals surface area contributed by atoms with Crippen LogP contribution in [0.1, 0.15) is 13.8 Å². The number of benzene rings is 2. The van der Waals surface area contributed by atoms with E-state index in [9.17, 15) is 66.1 Å². The minimum absolute atomic E-state index is 0.0827. The highest BCUT2D eigenvalue weighted by molar-refractivity contribution is 5.88. The van der Waals surface area contributed by atoms with Crippen LogP contribution in [-0.2, 0) is 23.7 Å². The zero-order valence-electron chi connectivity index (χ0n) is 27.9. The first-order valence-corrected chi connectivity index (χ1v) is 16.4. The number of rotatable bonds is 8. The molecule has 12 N–H and O–H groups in total. The molecule has 3 fully saturated rings. The molecule has 0 unspecified atom stereocenters. The third kappa shape index (κ3) is 7.34. The average molecular weight is 757 g/mol. The van der Waals surface area contributed by atoms with Crippen molar-refractivity contribution in [2.24, 2.45) is 0 Å². The number of hydrogen-bond donors (Lipinski definition) is 12. The fourth-order valence-electron chi connectivity index (χ4n) is 6.27. The van der Waals surface area contributed by atoms with Gasteiger partial charge in [-0.25, -0.2) is 0 Å². The molecule has 0 aliphatic carbocycles. The van der Waals surface area contributed by atoms with Crippen LogP contribution in [0.15, 0.2) is 39.5 Å². The minimum Gasteiger partial charge on any atom is -0.508 e. The topological polar surface area (TPSA) is 328 Å². The van der Waals surface area contributed by atoms with Crippen LogP contribution in [0.3, 0.4) is 0 Å². The van der Waals surface area contributed by atoms with Gasteiger partial charge in [0.25, 0.3) is 0 Å². The van der Waals surface area contributed by atoms with Gasteiger partial charge < -0.3 is 94.1 Å². The molecular weight excluding hydrogens is 716 g/mol. The van der Waals surface area contributed by atoms with Crippen LogP contribution in [0.2, 0.25) is 0 Å². The second-order valence-corrected chi connectivity index (χ2v) is 13.1. The lowest BCUT2D eigenvalue weighted by Crippen LogP contribution is -2.65. The van der Waals surface area contributed by atoms with Gasteiger partial charge in [-0.2, -0.15) is 0 Å². The van der Waals surface area contributed by atoms with Crippen molar-refractivity contribution in [1.82, 2.24) is 0 Å². The van der Waals surface area contributed by atoms with Crippen molar-refractivity contribution in [3.8, 4) is 40.1 Å². The molecule has 3 aromatic rings. The normalized spacial score (nSPS) is 37.8. The molecule has 53 heavy (non-hydrogen) atoms. The van der Waals surface area contributed by atoms with Crippen LogP contribution in [0, 0.1) is 0 Å². The minimum atomic E-state index is -2.11. The molecule has 0 spiro atoms. The Balaban J connectivity index is 1.36. The SMILES string of the molecule is C[C@@H]1O[C@@H](OC[C@H]2O[C@@H](Oc3c(-c4ccc(O)c(O)c4)oc4cc(O)cc(O)c4c3=O)[C@H](O)[C@@H](O)[C@@H]2O[C@H]2O[C@@H](C)[C@H](O)[C@@H](O)[C@H]2O)[C@H](O)[C@H](O)[C@H]1O. The maximum absolute atomic E-state index is 13.9. The van der Waals surface area contributed by atoms with E-state index < -0.39 is 144 Å². The molecule has 15 atom stereocenters. The summed E-state index contributed by atoms with van der Waals surface area (Å²) < 4.78 is 40.0. The van der Waals surface area contributed by atoms with Gasteiger partial charge in [0.2, 0.25) is 17.5 Å². The van der Waals surface area contributed by atoms with Gasteiger partial charge in [0.05, 0.1) is 18.8 Å². The molecule has 0 radical (unpaired) electrons. The highest BCUT2D eigenvalue weighted by Crippen LogP contribution is 2.40. The highest BCUT2D eigenvalue weighted by atomic mass is 16.8. The number of aromatic hydroxyl groups is 4. The molecule has 0 amide bonds. The van der Waals surface area contributed by atoms with Gasteiger partial charge in [-0.15, -0.1) is 0 Å². The Hall–Kier alpha value is -3.87. The molecule has 20 nitrogen and oxygen atoms in total. The predicted molar refractivity (Wildman–Crippen MR) is 171 cm³/mol. The molecule has 2 aromatic carbocycles. The van der Waals surface area contributed by atoms with Gasteiger partial charge in [0.15, 0.2) is 29.8 Å². The first-order valence-electron chi connectivity index (χ1n) is 16.4. The van der Waals surface area contributed by atoms with E-state index in [1.807, 2.05) is 0 Å². The summed E-state index contributed by atoms with van der Waals surface area (Å²) in [4.78, 5) is 13.9. The fourth-order valence-corrected chi connectivity index (χ4v) is 6.27. The lowest BCUT2D eigenvalue weighted by molar-refractivity contribution is -0.357. The molecule has 3 saturated heterocycles. The number of fused-ring (bicyclic) bond motifs is 1. The molecule has 0 bridgehead atoms. The van der Waals surface area contributed by atoms with E-state index in [0.717, 1.165) is 24.3 Å². The van der Waals surface area contributed by atoms with Crippen LogP contribution in [0.25, 0.3) is 22.3 Å². The van der Waals surface area contributed by atoms with Gasteiger partial charge in [-0.1, -0.05) is 0 Å². The Morgan fingerprint density at radius 1 is 0.642 bits per heavy atom. The maximum atomic E-state index is 13.9. The van der Waals surface area contributed by atoms with Crippen molar-refractivity contribution in [2.45, 2.75) is 106 Å². The standard InChI is InChI=1S/C33H40O20/c1-9-19(38)22(41)25(44)31(48-9)47-8-17-29(52-32-26(45)23(42)20(39)10(2)49-32)24(43)27(46)33(51-17)53-30-21(40)18-15(37)6-12(34)7-16(18)50-28(30)11-3-4-13(35)14(36)5-11/h3-7,9-10,17,19-20,22-27,29,31-39,41-46H,8H2,1-2H3/t9-,10-,17+,19-,20-,22+,23+,24+,25+,26+,27+,29+,31+,32+,33-/m0/s1. The Labute approximate surface area is 298 Å². The maximum Gasteiger partial charge on any atom is 0.239 e. The number of phenolic OH excluding ortho intramolecular Hbond substituents is 4. The zero-order valence-corrected chi connectivity index (χ0v) is 27.9. The summed E-state index contributed by atoms with van der Waals surface area (Å²) >= 11 is 0. The van der Waals surface area contributed by atoms with Crippen molar-refractivity contribution in [3.05, 3.63) is 40.6 Å². The Morgan fingerprint density at radius 3 is 1.89 bits per heavy atom. The first kappa shape index (κ1) is 38.8. The fraction of sp³-hybridized carbons (Fsp3) is 0.545. The molecule has 6 rings (SSSR count). The second kappa shape index (κ2) is 15.1. The predicted octanol–water partition coefficient (Wildman–Crippen LogP) is -2.84. The summed E-state index contributed by atoms with van der Waals surface area (Å²) in [6.07, 6.45) is -25.0. The zero-order chi connectivity index (χ0) is 38.6. The molecule has 292 valence electrons. The second-order valence-electron chi connectivity index (χ2n) is 13.1. The lowest BCUT2D eigenvalue weighted by Gasteiger charge is -2.46. The van der Waals surface area contributed by atoms with E-state index in [4.69, 9.17) is 32.8 Å². The summed E-state index contributed by atoms with van der Waals surface area (Å²) in [6.45, 7) is 2.05. The summed E-state index contributed by atoms with van der Waals surface area (Å²) in [7, 11) is 0. The molecule has 20 heteroatoms. The number of hydrogen-bond acceptors (Lipinski definition) is 20. The van der Waals surface area contributed by atoms with E-state index in [1.54, 1.807) is 0 Å². The van der Waals surface area contributed by atoms with Crippen molar-refractivity contribution in [3.63, 3.8) is 0 Å². The van der Waals surface area contributed by atoms with Crippen molar-refractivity contribution < 1.29 is 94.1 Å². The summed E-state index contributed by atoms with van der Waals surface area (Å²) in [6, 6.07) is 5.11. The van der Waals surface area contributed by atoms with Crippen LogP contribution in [0.5, 0.6) is 28.7 Å². The third-order valence-electron chi connectivity index (χ3n) is 9.36. The number of aliphatic hydroxyl groups is 8. The van der Waals surface area contributed by atoms with Crippen LogP contribution in [-0.4, -0.2) is 160 Å². The Bertz CT molecular complexity index is 1830. The largest absolute Gasteiger partial charge is 0.508 e. The number of ether oxygens (including phenoxy) is 6. The van der Waals surface area contributed by atoms with Gasteiger partial charge in [-0.3, -0.25) is 4.79 Å². The quantitative estimate of drug-likeness (QED) is 0.103. The van der Waals surface area contributed by atoms with Crippen molar-refractivity contribution in [2.75, 3.05) is 6.61 Å². The number of phenols is 4. The van der Waals surface area contributed by atoms with E-state index in [-0.39, 0.29) is 11.1 Å². The van der Waals surface area contributed by atoms with Crippen molar-refractivity contribution >= 4 is 11.0 Å². The first-order chi connectivity index (χ1) is 25.0. The van der Waals surface area contributed by atoms with Crippen LogP contribution >= 0.6 is 0 Å². The van der Waals surface area contributed by atoms with Crippen LogP contribution in [0.4, 0.5) is 0 Å². The smallest absolute Gasteiger partial charge is 0.239 e. The Kier molecular flexibility index (Phi) is 11.1. The molecule has 4 heterocycles. The molecular formula is C33H40O20. The summed E-state index contributed by atoms with van der Waals surface area (Å²) in [5.41, 5.74) is -1.50. The van der Waals surface area contributed by atoms with E-state index in [2.05, 4.69) is 0 Å². The van der Waals surface area contributed by atoms with Crippen molar-refractivity contribution in [1.29, 1.82) is 0 Å². The van der Waals surface area contributed by atoms with E-state index >= 15 is 0 Å². The van der Waals surface area contributed by atoms with Gasteiger partial charge in [0.1, 0.15) is 83.5 Å². The van der Waals surface area contributed by atoms with Gasteiger partial charge in [0, 0.05) is 17.7 Å². The van der Waals surface area contributed by atoms with E-state index in [0.29, 0.717) is 0 Å². The molecule has 3 aliphatic rings. The third-order valence-corrected chi connectivity index (χ3v) is 9.36. The summed E-state index contributed by atoms with van der Waals surface area (Å²) in [5, 5.41) is 125. The summed E-state index contributed by atoms with van der Waals surface area (Å²) in [5.74, 6) is -3.61. The molecule has 3 aliphatic heterocycles.